The van der Waals surface area contributed by atoms with Gasteiger partial charge >= 0.3 is 6.01 Å². The average Bonchev–Trinajstić information content (AvgIpc) is 2.62. The maximum atomic E-state index is 9.13. The van der Waals surface area contributed by atoms with E-state index in [2.05, 4.69) is 10.2 Å². The van der Waals surface area contributed by atoms with E-state index < -0.39 is 0 Å². The Labute approximate surface area is 94.0 Å². The number of halogens is 1. The van der Waals surface area contributed by atoms with Crippen LogP contribution in [0.15, 0.2) is 4.42 Å². The molecule has 0 fully saturated rings. The summed E-state index contributed by atoms with van der Waals surface area (Å²) in [5, 5.41) is 16.5. The lowest BCUT2D eigenvalue weighted by Crippen LogP contribution is -2.22. The van der Waals surface area contributed by atoms with Gasteiger partial charge in [-0.15, -0.1) is 16.7 Å². The lowest BCUT2D eigenvalue weighted by Gasteiger charge is -2.14. The highest BCUT2D eigenvalue weighted by Crippen LogP contribution is 2.20. The Morgan fingerprint density at radius 3 is 2.60 bits per heavy atom. The summed E-state index contributed by atoms with van der Waals surface area (Å²) in [6.07, 6.45) is 0.326. The quantitative estimate of drug-likeness (QED) is 0.783. The third kappa shape index (κ3) is 3.68. The van der Waals surface area contributed by atoms with E-state index >= 15 is 0 Å². The van der Waals surface area contributed by atoms with Crippen LogP contribution in [0.1, 0.15) is 31.5 Å². The van der Waals surface area contributed by atoms with Crippen LogP contribution in [-0.4, -0.2) is 35.0 Å². The molecule has 0 radical (unpaired) electrons. The molecule has 0 amide bonds. The molecule has 1 N–H and O–H groups in total. The molecule has 0 aliphatic rings. The third-order valence-corrected chi connectivity index (χ3v) is 2.17. The number of hydrogen-bond acceptors (Lipinski definition) is 5. The second-order valence-corrected chi connectivity index (χ2v) is 4.25. The van der Waals surface area contributed by atoms with Crippen molar-refractivity contribution in [2.24, 2.45) is 0 Å². The van der Waals surface area contributed by atoms with Gasteiger partial charge in [-0.2, -0.15) is 0 Å². The van der Waals surface area contributed by atoms with Gasteiger partial charge in [0.2, 0.25) is 5.89 Å². The topological polar surface area (TPSA) is 62.4 Å². The molecule has 1 heterocycles. The van der Waals surface area contributed by atoms with E-state index in [9.17, 15) is 0 Å². The summed E-state index contributed by atoms with van der Waals surface area (Å²) in [7, 11) is 1.83. The molecule has 0 aliphatic carbocycles. The molecule has 2 unspecified atom stereocenters. The fourth-order valence-electron chi connectivity index (χ4n) is 1.02. The van der Waals surface area contributed by atoms with Crippen molar-refractivity contribution in [2.45, 2.75) is 31.7 Å². The van der Waals surface area contributed by atoms with Crippen LogP contribution in [-0.2, 0) is 0 Å². The van der Waals surface area contributed by atoms with Gasteiger partial charge in [-0.25, -0.2) is 0 Å². The zero-order valence-electron chi connectivity index (χ0n) is 9.14. The number of aromatic nitrogens is 2. The standard InChI is InChI=1S/C9H16ClN3O2/c1-6(14)4-5-13(3)9-12-11-8(15-9)7(2)10/h6-7,14H,4-5H2,1-3H3. The summed E-state index contributed by atoms with van der Waals surface area (Å²) >= 11 is 5.79. The predicted octanol–water partition coefficient (Wildman–Crippen LogP) is 1.58. The SMILES string of the molecule is CC(O)CCN(C)c1nnc(C(C)Cl)o1. The van der Waals surface area contributed by atoms with E-state index in [1.165, 1.54) is 0 Å². The van der Waals surface area contributed by atoms with Crippen molar-refractivity contribution in [3.8, 4) is 0 Å². The minimum atomic E-state index is -0.332. The van der Waals surface area contributed by atoms with E-state index in [-0.39, 0.29) is 11.5 Å². The molecule has 1 aromatic heterocycles. The van der Waals surface area contributed by atoms with Crippen molar-refractivity contribution in [3.05, 3.63) is 5.89 Å². The highest BCUT2D eigenvalue weighted by molar-refractivity contribution is 6.20. The van der Waals surface area contributed by atoms with Crippen LogP contribution in [0.25, 0.3) is 0 Å². The van der Waals surface area contributed by atoms with Crippen LogP contribution in [0.3, 0.4) is 0 Å². The van der Waals surface area contributed by atoms with Crippen LogP contribution in [0, 0.1) is 0 Å². The molecular formula is C9H16ClN3O2. The number of nitrogens with zero attached hydrogens (tertiary/aromatic N) is 3. The second kappa shape index (κ2) is 5.32. The maximum absolute atomic E-state index is 9.13. The smallest absolute Gasteiger partial charge is 0.317 e. The van der Waals surface area contributed by atoms with Gasteiger partial charge in [-0.05, 0) is 20.3 Å². The van der Waals surface area contributed by atoms with E-state index in [1.54, 1.807) is 18.7 Å². The van der Waals surface area contributed by atoms with E-state index in [0.29, 0.717) is 24.9 Å². The van der Waals surface area contributed by atoms with Crippen molar-refractivity contribution in [1.29, 1.82) is 0 Å². The van der Waals surface area contributed by atoms with Crippen LogP contribution in [0.2, 0.25) is 0 Å². The van der Waals surface area contributed by atoms with Crippen LogP contribution in [0.4, 0.5) is 6.01 Å². The number of hydrogen-bond donors (Lipinski definition) is 1. The first-order chi connectivity index (χ1) is 7.00. The van der Waals surface area contributed by atoms with Crippen molar-refractivity contribution in [2.75, 3.05) is 18.5 Å². The van der Waals surface area contributed by atoms with Gasteiger partial charge in [-0.1, -0.05) is 5.10 Å². The number of alkyl halides is 1. The Balaban J connectivity index is 2.54. The summed E-state index contributed by atoms with van der Waals surface area (Å²) in [6.45, 7) is 4.18. The molecule has 6 heteroatoms. The van der Waals surface area contributed by atoms with Crippen molar-refractivity contribution < 1.29 is 9.52 Å². The summed E-state index contributed by atoms with van der Waals surface area (Å²) in [5.41, 5.74) is 0. The second-order valence-electron chi connectivity index (χ2n) is 3.60. The van der Waals surface area contributed by atoms with E-state index in [0.717, 1.165) is 0 Å². The summed E-state index contributed by atoms with van der Waals surface area (Å²) in [4.78, 5) is 1.79. The molecule has 0 bridgehead atoms. The first kappa shape index (κ1) is 12.3. The highest BCUT2D eigenvalue weighted by Gasteiger charge is 2.14. The third-order valence-electron chi connectivity index (χ3n) is 1.98. The lowest BCUT2D eigenvalue weighted by atomic mass is 10.3. The molecule has 1 rings (SSSR count). The number of aliphatic hydroxyl groups is 1. The fraction of sp³-hybridized carbons (Fsp3) is 0.778. The van der Waals surface area contributed by atoms with Gasteiger partial charge in [0.1, 0.15) is 5.38 Å². The predicted molar refractivity (Wildman–Crippen MR) is 58.1 cm³/mol. The van der Waals surface area contributed by atoms with Crippen molar-refractivity contribution in [3.63, 3.8) is 0 Å². The van der Waals surface area contributed by atoms with Gasteiger partial charge in [0.25, 0.3) is 0 Å². The lowest BCUT2D eigenvalue weighted by molar-refractivity contribution is 0.186. The molecule has 0 aromatic carbocycles. The number of aliphatic hydroxyl groups excluding tert-OH is 1. The minimum absolute atomic E-state index is 0.281. The summed E-state index contributed by atoms with van der Waals surface area (Å²) < 4.78 is 5.33. The Bertz CT molecular complexity index is 301. The molecule has 0 saturated carbocycles. The van der Waals surface area contributed by atoms with E-state index in [4.69, 9.17) is 21.1 Å². The Morgan fingerprint density at radius 2 is 2.13 bits per heavy atom. The van der Waals surface area contributed by atoms with Crippen LogP contribution in [0.5, 0.6) is 0 Å². The molecule has 0 aliphatic heterocycles. The van der Waals surface area contributed by atoms with Crippen LogP contribution >= 0.6 is 11.6 Å². The Kier molecular flexibility index (Phi) is 4.35. The number of anilines is 1. The van der Waals surface area contributed by atoms with Crippen LogP contribution < -0.4 is 4.90 Å². The largest absolute Gasteiger partial charge is 0.406 e. The Morgan fingerprint density at radius 1 is 1.47 bits per heavy atom. The summed E-state index contributed by atoms with van der Waals surface area (Å²) in [5.74, 6) is 0.413. The molecule has 0 saturated heterocycles. The molecular weight excluding hydrogens is 218 g/mol. The van der Waals surface area contributed by atoms with Gasteiger partial charge in [0, 0.05) is 13.6 Å². The molecule has 2 atom stereocenters. The monoisotopic (exact) mass is 233 g/mol. The molecule has 0 spiro atoms. The van der Waals surface area contributed by atoms with Crippen molar-refractivity contribution >= 4 is 17.6 Å². The first-order valence-corrected chi connectivity index (χ1v) is 5.31. The molecule has 5 nitrogen and oxygen atoms in total. The van der Waals surface area contributed by atoms with Gasteiger partial charge in [-0.3, -0.25) is 0 Å². The van der Waals surface area contributed by atoms with Gasteiger partial charge in [0.05, 0.1) is 6.10 Å². The van der Waals surface area contributed by atoms with Gasteiger partial charge < -0.3 is 14.4 Å². The average molecular weight is 234 g/mol. The normalized spacial score (nSPS) is 15.0. The first-order valence-electron chi connectivity index (χ1n) is 4.87. The molecule has 15 heavy (non-hydrogen) atoms. The van der Waals surface area contributed by atoms with Crippen molar-refractivity contribution in [1.82, 2.24) is 10.2 Å². The van der Waals surface area contributed by atoms with E-state index in [1.807, 2.05) is 7.05 Å². The molecule has 1 aromatic rings. The maximum Gasteiger partial charge on any atom is 0.317 e. The Hall–Kier alpha value is -0.810. The zero-order chi connectivity index (χ0) is 11.4. The highest BCUT2D eigenvalue weighted by atomic mass is 35.5. The molecule has 86 valence electrons. The minimum Gasteiger partial charge on any atom is -0.406 e. The zero-order valence-corrected chi connectivity index (χ0v) is 9.90. The fourth-order valence-corrected chi connectivity index (χ4v) is 1.11. The number of rotatable bonds is 5. The van der Waals surface area contributed by atoms with Gasteiger partial charge in [0.15, 0.2) is 0 Å². The summed E-state index contributed by atoms with van der Waals surface area (Å²) in [6, 6.07) is 0.429.